The van der Waals surface area contributed by atoms with Crippen molar-refractivity contribution in [3.63, 3.8) is 0 Å². The Labute approximate surface area is 98.3 Å². The lowest BCUT2D eigenvalue weighted by Gasteiger charge is -2.20. The molecule has 2 heterocycles. The molecule has 0 aromatic carbocycles. The molecule has 2 aromatic heterocycles. The van der Waals surface area contributed by atoms with Crippen LogP contribution in [0.5, 0.6) is 0 Å². The quantitative estimate of drug-likeness (QED) is 0.807. The molecule has 0 radical (unpaired) electrons. The summed E-state index contributed by atoms with van der Waals surface area (Å²) in [5.41, 5.74) is 0.458. The van der Waals surface area contributed by atoms with Crippen molar-refractivity contribution < 1.29 is 9.90 Å². The van der Waals surface area contributed by atoms with Crippen molar-refractivity contribution in [1.29, 1.82) is 0 Å². The zero-order chi connectivity index (χ0) is 12.8. The Morgan fingerprint density at radius 3 is 2.59 bits per heavy atom. The summed E-state index contributed by atoms with van der Waals surface area (Å²) in [6.07, 6.45) is 1.56. The van der Waals surface area contributed by atoms with Crippen molar-refractivity contribution in [3.8, 4) is 0 Å². The van der Waals surface area contributed by atoms with Gasteiger partial charge in [0.05, 0.1) is 0 Å². The number of carboxylic acid groups (broad SMARTS) is 1. The van der Waals surface area contributed by atoms with Crippen LogP contribution in [-0.4, -0.2) is 30.7 Å². The molecule has 0 aliphatic rings. The molecule has 0 aliphatic carbocycles. The lowest BCUT2D eigenvalue weighted by molar-refractivity contribution is 0.0684. The van der Waals surface area contributed by atoms with Crippen molar-refractivity contribution in [2.45, 2.75) is 33.1 Å². The highest BCUT2D eigenvalue weighted by atomic mass is 16.4. The van der Waals surface area contributed by atoms with Crippen molar-refractivity contribution in [2.75, 3.05) is 0 Å². The molecule has 17 heavy (non-hydrogen) atoms. The minimum atomic E-state index is -1.02. The molecule has 2 rings (SSSR count). The van der Waals surface area contributed by atoms with E-state index in [1.54, 1.807) is 13.1 Å². The normalized spacial score (nSPS) is 12.0. The number of fused-ring (bicyclic) bond motifs is 1. The molecule has 90 valence electrons. The molecule has 6 nitrogen and oxygen atoms in total. The number of aromatic carboxylic acids is 1. The summed E-state index contributed by atoms with van der Waals surface area (Å²) in [5, 5.41) is 13.4. The monoisotopic (exact) mass is 234 g/mol. The molecule has 0 spiro atoms. The third-order valence-corrected chi connectivity index (χ3v) is 2.48. The fraction of sp³-hybridized carbons (Fsp3) is 0.455. The van der Waals surface area contributed by atoms with E-state index in [1.165, 1.54) is 4.52 Å². The number of hydrogen-bond acceptors (Lipinski definition) is 4. The summed E-state index contributed by atoms with van der Waals surface area (Å²) in [6.45, 7) is 7.52. The van der Waals surface area contributed by atoms with Gasteiger partial charge in [0.1, 0.15) is 5.82 Å². The molecular formula is C11H14N4O2. The Morgan fingerprint density at radius 1 is 1.41 bits per heavy atom. The van der Waals surface area contributed by atoms with E-state index < -0.39 is 5.97 Å². The number of nitrogens with zero attached hydrogens (tertiary/aromatic N) is 4. The second-order valence-electron chi connectivity index (χ2n) is 4.95. The molecule has 0 aliphatic heterocycles. The van der Waals surface area contributed by atoms with E-state index in [4.69, 9.17) is 0 Å². The van der Waals surface area contributed by atoms with Crippen LogP contribution in [0, 0.1) is 6.92 Å². The van der Waals surface area contributed by atoms with E-state index in [2.05, 4.69) is 15.1 Å². The Kier molecular flexibility index (Phi) is 2.38. The van der Waals surface area contributed by atoms with Gasteiger partial charge in [-0.1, -0.05) is 20.8 Å². The van der Waals surface area contributed by atoms with Crippen LogP contribution in [0.3, 0.4) is 0 Å². The first-order valence-electron chi connectivity index (χ1n) is 5.27. The van der Waals surface area contributed by atoms with Gasteiger partial charge in [0.15, 0.2) is 5.69 Å². The van der Waals surface area contributed by atoms with Gasteiger partial charge in [-0.2, -0.15) is 9.50 Å². The molecule has 0 atom stereocenters. The first-order chi connectivity index (χ1) is 7.80. The van der Waals surface area contributed by atoms with E-state index in [1.807, 2.05) is 20.8 Å². The van der Waals surface area contributed by atoms with Crippen molar-refractivity contribution in [1.82, 2.24) is 19.6 Å². The predicted molar refractivity (Wildman–Crippen MR) is 61.2 cm³/mol. The minimum absolute atomic E-state index is 0.128. The van der Waals surface area contributed by atoms with Crippen LogP contribution in [-0.2, 0) is 5.41 Å². The number of carbonyl (C=O) groups is 1. The summed E-state index contributed by atoms with van der Waals surface area (Å²) in [5.74, 6) is -0.203. The van der Waals surface area contributed by atoms with Crippen LogP contribution in [0.2, 0.25) is 0 Å². The lowest BCUT2D eigenvalue weighted by atomic mass is 9.87. The van der Waals surface area contributed by atoms with Crippen LogP contribution >= 0.6 is 0 Å². The van der Waals surface area contributed by atoms with E-state index in [0.717, 1.165) is 0 Å². The molecule has 0 saturated heterocycles. The maximum Gasteiger partial charge on any atom is 0.355 e. The summed E-state index contributed by atoms with van der Waals surface area (Å²) in [7, 11) is 0. The fourth-order valence-electron chi connectivity index (χ4n) is 1.69. The molecular weight excluding hydrogens is 220 g/mol. The van der Waals surface area contributed by atoms with Crippen LogP contribution in [0.1, 0.15) is 42.6 Å². The largest absolute Gasteiger partial charge is 0.476 e. The molecule has 0 fully saturated rings. The van der Waals surface area contributed by atoms with E-state index in [-0.39, 0.29) is 11.1 Å². The molecule has 2 aromatic rings. The van der Waals surface area contributed by atoms with Crippen molar-refractivity contribution >= 4 is 11.7 Å². The summed E-state index contributed by atoms with van der Waals surface area (Å²) < 4.78 is 1.29. The van der Waals surface area contributed by atoms with E-state index >= 15 is 0 Å². The van der Waals surface area contributed by atoms with Gasteiger partial charge in [-0.3, -0.25) is 0 Å². The third kappa shape index (κ3) is 1.86. The topological polar surface area (TPSA) is 80.4 Å². The van der Waals surface area contributed by atoms with E-state index in [9.17, 15) is 9.90 Å². The number of aromatic nitrogens is 4. The average molecular weight is 234 g/mol. The van der Waals surface area contributed by atoms with Gasteiger partial charge in [0.25, 0.3) is 5.78 Å². The second-order valence-corrected chi connectivity index (χ2v) is 4.95. The average Bonchev–Trinajstić information content (AvgIpc) is 2.53. The predicted octanol–water partition coefficient (Wildman–Crippen LogP) is 1.43. The van der Waals surface area contributed by atoms with Gasteiger partial charge in [-0.05, 0) is 12.3 Å². The SMILES string of the molecule is Cc1nc2ncc(C(C)(C)C)c(C(=O)O)n2n1. The number of hydrogen-bond donors (Lipinski definition) is 1. The van der Waals surface area contributed by atoms with Gasteiger partial charge < -0.3 is 5.11 Å². The Hall–Kier alpha value is -1.98. The number of carboxylic acids is 1. The van der Waals surface area contributed by atoms with E-state index in [0.29, 0.717) is 17.2 Å². The van der Waals surface area contributed by atoms with Gasteiger partial charge in [0, 0.05) is 11.8 Å². The zero-order valence-corrected chi connectivity index (χ0v) is 10.2. The maximum absolute atomic E-state index is 11.4. The Bertz CT molecular complexity index is 595. The highest BCUT2D eigenvalue weighted by Gasteiger charge is 2.26. The Balaban J connectivity index is 2.86. The highest BCUT2D eigenvalue weighted by molar-refractivity contribution is 5.88. The third-order valence-electron chi connectivity index (χ3n) is 2.48. The first kappa shape index (κ1) is 11.5. The smallest absolute Gasteiger partial charge is 0.355 e. The summed E-state index contributed by atoms with van der Waals surface area (Å²) >= 11 is 0. The van der Waals surface area contributed by atoms with Crippen molar-refractivity contribution in [3.05, 3.63) is 23.3 Å². The van der Waals surface area contributed by atoms with Crippen molar-refractivity contribution in [2.24, 2.45) is 0 Å². The molecule has 0 saturated carbocycles. The standard InChI is InChI=1S/C11H14N4O2/c1-6-13-10-12-5-7(11(2,3)4)8(9(16)17)15(10)14-6/h5H,1-4H3,(H,16,17). The second kappa shape index (κ2) is 3.51. The van der Waals surface area contributed by atoms with Gasteiger partial charge >= 0.3 is 5.97 Å². The van der Waals surface area contributed by atoms with Gasteiger partial charge in [-0.15, -0.1) is 5.10 Å². The van der Waals surface area contributed by atoms with Crippen LogP contribution in [0.4, 0.5) is 0 Å². The van der Waals surface area contributed by atoms with Crippen LogP contribution in [0.15, 0.2) is 6.20 Å². The minimum Gasteiger partial charge on any atom is -0.476 e. The molecule has 0 unspecified atom stereocenters. The highest BCUT2D eigenvalue weighted by Crippen LogP contribution is 2.25. The number of rotatable bonds is 1. The molecule has 1 N–H and O–H groups in total. The number of aryl methyl sites for hydroxylation is 1. The van der Waals surface area contributed by atoms with Gasteiger partial charge in [0.2, 0.25) is 0 Å². The molecule has 6 heteroatoms. The molecule has 0 bridgehead atoms. The lowest BCUT2D eigenvalue weighted by Crippen LogP contribution is -2.21. The fourth-order valence-corrected chi connectivity index (χ4v) is 1.69. The van der Waals surface area contributed by atoms with Crippen LogP contribution < -0.4 is 0 Å². The zero-order valence-electron chi connectivity index (χ0n) is 10.2. The van der Waals surface area contributed by atoms with Crippen LogP contribution in [0.25, 0.3) is 5.78 Å². The summed E-state index contributed by atoms with van der Waals surface area (Å²) in [4.78, 5) is 19.6. The maximum atomic E-state index is 11.4. The Morgan fingerprint density at radius 2 is 2.06 bits per heavy atom. The molecule has 0 amide bonds. The summed E-state index contributed by atoms with van der Waals surface area (Å²) in [6, 6.07) is 0. The van der Waals surface area contributed by atoms with Gasteiger partial charge in [-0.25, -0.2) is 9.78 Å². The first-order valence-corrected chi connectivity index (χ1v) is 5.27.